The molecule has 3 aliphatic rings. The summed E-state index contributed by atoms with van der Waals surface area (Å²) in [5, 5.41) is 2.91. The number of fused-ring (bicyclic) bond motifs is 2. The quantitative estimate of drug-likeness (QED) is 0.320. The molecule has 8 heteroatoms. The van der Waals surface area contributed by atoms with Gasteiger partial charge in [-0.05, 0) is 104 Å². The number of imidazole rings is 1. The zero-order chi connectivity index (χ0) is 27.1. The molecule has 0 unspecified atom stereocenters. The van der Waals surface area contributed by atoms with Crippen LogP contribution in [-0.4, -0.2) is 48.0 Å². The normalized spacial score (nSPS) is 16.9. The summed E-state index contributed by atoms with van der Waals surface area (Å²) < 4.78 is 5.64. The first-order valence-corrected chi connectivity index (χ1v) is 14.3. The minimum Gasteiger partial charge on any atom is -0.484 e. The fraction of sp³-hybridized carbons (Fsp3) is 0.344. The van der Waals surface area contributed by atoms with E-state index in [1.54, 1.807) is 0 Å². The summed E-state index contributed by atoms with van der Waals surface area (Å²) in [6.07, 6.45) is 6.16. The van der Waals surface area contributed by atoms with Gasteiger partial charge in [-0.15, -0.1) is 0 Å². The number of H-pyrrole nitrogens is 1. The number of carbonyl (C=O) groups excluding carboxylic acids is 2. The molecular formula is C32H33N5O3. The molecular weight excluding hydrogens is 502 g/mol. The predicted octanol–water partition coefficient (Wildman–Crippen LogP) is 5.29. The SMILES string of the molecule is O=C(COc1ccc(-c2nc3ccc(N4Cc5cc(N6CCCCC6)ccc5C4=O)cc3[nH]2)cc1)NCC1CC1. The van der Waals surface area contributed by atoms with Crippen LogP contribution in [0.1, 0.15) is 48.0 Å². The van der Waals surface area contributed by atoms with E-state index in [0.717, 1.165) is 58.9 Å². The van der Waals surface area contributed by atoms with Crippen LogP contribution >= 0.6 is 0 Å². The molecule has 2 N–H and O–H groups in total. The molecule has 0 atom stereocenters. The highest BCUT2D eigenvalue weighted by atomic mass is 16.5. The number of hydrogen-bond donors (Lipinski definition) is 2. The summed E-state index contributed by atoms with van der Waals surface area (Å²) in [6, 6.07) is 19.7. The van der Waals surface area contributed by atoms with Gasteiger partial charge in [0.2, 0.25) is 0 Å². The summed E-state index contributed by atoms with van der Waals surface area (Å²) >= 11 is 0. The van der Waals surface area contributed by atoms with Crippen molar-refractivity contribution in [2.45, 2.75) is 38.6 Å². The van der Waals surface area contributed by atoms with Crippen molar-refractivity contribution < 1.29 is 14.3 Å². The summed E-state index contributed by atoms with van der Waals surface area (Å²) in [5.74, 6) is 1.97. The standard InChI is InChI=1S/C32H33N5O3/c38-30(33-18-21-4-5-21)20-40-26-10-6-22(7-11-26)31-34-28-13-9-25(17-29(28)35-31)37-19-23-16-24(8-12-27(23)32(37)39)36-14-2-1-3-15-36/h6-13,16-17,21H,1-5,14-15,18-20H2,(H,33,38)(H,34,35). The second-order valence-corrected chi connectivity index (χ2v) is 11.1. The van der Waals surface area contributed by atoms with Gasteiger partial charge >= 0.3 is 0 Å². The Hall–Kier alpha value is -4.33. The Morgan fingerprint density at radius 1 is 0.975 bits per heavy atom. The number of nitrogens with one attached hydrogen (secondary N) is 2. The van der Waals surface area contributed by atoms with Gasteiger partial charge in [-0.3, -0.25) is 9.59 Å². The first kappa shape index (κ1) is 24.7. The molecule has 0 bridgehead atoms. The molecule has 7 rings (SSSR count). The van der Waals surface area contributed by atoms with Crippen molar-refractivity contribution in [3.8, 4) is 17.1 Å². The van der Waals surface area contributed by atoms with Crippen LogP contribution in [0.5, 0.6) is 5.75 Å². The smallest absolute Gasteiger partial charge is 0.258 e. The molecule has 1 saturated carbocycles. The maximum Gasteiger partial charge on any atom is 0.258 e. The van der Waals surface area contributed by atoms with Crippen molar-refractivity contribution in [1.29, 1.82) is 0 Å². The Kier molecular flexibility index (Phi) is 6.38. The summed E-state index contributed by atoms with van der Waals surface area (Å²) in [6.45, 7) is 3.50. The van der Waals surface area contributed by atoms with Gasteiger partial charge in [0.15, 0.2) is 6.61 Å². The second-order valence-electron chi connectivity index (χ2n) is 11.1. The molecule has 0 radical (unpaired) electrons. The maximum atomic E-state index is 13.3. The molecule has 40 heavy (non-hydrogen) atoms. The Bertz CT molecular complexity index is 1570. The largest absolute Gasteiger partial charge is 0.484 e. The Morgan fingerprint density at radius 2 is 1.77 bits per heavy atom. The second kappa shape index (κ2) is 10.3. The van der Waals surface area contributed by atoms with Gasteiger partial charge in [0.25, 0.3) is 11.8 Å². The van der Waals surface area contributed by atoms with E-state index in [1.165, 1.54) is 37.8 Å². The van der Waals surface area contributed by atoms with Gasteiger partial charge in [-0.1, -0.05) is 0 Å². The summed E-state index contributed by atoms with van der Waals surface area (Å²) in [4.78, 5) is 37.7. The van der Waals surface area contributed by atoms with Crippen LogP contribution in [-0.2, 0) is 11.3 Å². The molecule has 2 aliphatic heterocycles. The van der Waals surface area contributed by atoms with Crippen molar-refractivity contribution in [2.24, 2.45) is 5.92 Å². The van der Waals surface area contributed by atoms with Crippen molar-refractivity contribution in [3.63, 3.8) is 0 Å². The number of piperidine rings is 1. The van der Waals surface area contributed by atoms with E-state index < -0.39 is 0 Å². The summed E-state index contributed by atoms with van der Waals surface area (Å²) in [7, 11) is 0. The number of aromatic nitrogens is 2. The molecule has 1 aliphatic carbocycles. The van der Waals surface area contributed by atoms with Crippen LogP contribution in [0.15, 0.2) is 60.7 Å². The van der Waals surface area contributed by atoms with Gasteiger partial charge in [0, 0.05) is 42.1 Å². The number of rotatable bonds is 8. The molecule has 3 aromatic carbocycles. The Morgan fingerprint density at radius 3 is 2.58 bits per heavy atom. The highest BCUT2D eigenvalue weighted by Gasteiger charge is 2.29. The molecule has 0 spiro atoms. The highest BCUT2D eigenvalue weighted by molar-refractivity contribution is 6.10. The predicted molar refractivity (Wildman–Crippen MR) is 156 cm³/mol. The zero-order valence-electron chi connectivity index (χ0n) is 22.5. The maximum absolute atomic E-state index is 13.3. The van der Waals surface area contributed by atoms with E-state index in [0.29, 0.717) is 18.2 Å². The fourth-order valence-electron chi connectivity index (χ4n) is 5.66. The third-order valence-electron chi connectivity index (χ3n) is 8.17. The number of hydrogen-bond acceptors (Lipinski definition) is 5. The zero-order valence-corrected chi connectivity index (χ0v) is 22.5. The molecule has 204 valence electrons. The molecule has 2 fully saturated rings. The van der Waals surface area contributed by atoms with Crippen molar-refractivity contribution in [1.82, 2.24) is 15.3 Å². The number of carbonyl (C=O) groups is 2. The molecule has 1 saturated heterocycles. The van der Waals surface area contributed by atoms with Gasteiger partial charge in [-0.25, -0.2) is 4.98 Å². The molecule has 2 amide bonds. The van der Waals surface area contributed by atoms with Gasteiger partial charge in [0.05, 0.1) is 17.6 Å². The first-order chi connectivity index (χ1) is 19.6. The lowest BCUT2D eigenvalue weighted by molar-refractivity contribution is -0.123. The van der Waals surface area contributed by atoms with E-state index >= 15 is 0 Å². The van der Waals surface area contributed by atoms with Crippen LogP contribution in [0.4, 0.5) is 11.4 Å². The van der Waals surface area contributed by atoms with E-state index in [2.05, 4.69) is 27.3 Å². The number of ether oxygens (including phenoxy) is 1. The number of nitrogens with zero attached hydrogens (tertiary/aromatic N) is 3. The summed E-state index contributed by atoms with van der Waals surface area (Å²) in [5.41, 5.74) is 6.57. The van der Waals surface area contributed by atoms with E-state index in [-0.39, 0.29) is 18.4 Å². The lowest BCUT2D eigenvalue weighted by Crippen LogP contribution is -2.30. The van der Waals surface area contributed by atoms with Crippen LogP contribution in [0.2, 0.25) is 0 Å². The monoisotopic (exact) mass is 535 g/mol. The van der Waals surface area contributed by atoms with Gasteiger partial charge in [0.1, 0.15) is 11.6 Å². The van der Waals surface area contributed by atoms with Crippen LogP contribution < -0.4 is 19.9 Å². The minimum atomic E-state index is -0.0916. The Balaban J connectivity index is 1.03. The van der Waals surface area contributed by atoms with Crippen LogP contribution in [0, 0.1) is 5.92 Å². The average Bonchev–Trinajstić information content (AvgIpc) is 3.64. The van der Waals surface area contributed by atoms with Crippen molar-refractivity contribution in [3.05, 3.63) is 71.8 Å². The van der Waals surface area contributed by atoms with Gasteiger partial charge < -0.3 is 24.8 Å². The molecule has 3 heterocycles. The third kappa shape index (κ3) is 5.01. The topological polar surface area (TPSA) is 90.6 Å². The Labute approximate surface area is 233 Å². The molecule has 8 nitrogen and oxygen atoms in total. The molecule has 1 aromatic heterocycles. The first-order valence-electron chi connectivity index (χ1n) is 14.3. The lowest BCUT2D eigenvalue weighted by Gasteiger charge is -2.29. The number of benzene rings is 3. The van der Waals surface area contributed by atoms with E-state index in [9.17, 15) is 9.59 Å². The highest BCUT2D eigenvalue weighted by Crippen LogP contribution is 2.34. The number of amides is 2. The van der Waals surface area contributed by atoms with E-state index in [1.807, 2.05) is 53.4 Å². The van der Waals surface area contributed by atoms with Gasteiger partial charge in [-0.2, -0.15) is 0 Å². The van der Waals surface area contributed by atoms with Crippen molar-refractivity contribution in [2.75, 3.05) is 36.0 Å². The van der Waals surface area contributed by atoms with Crippen LogP contribution in [0.25, 0.3) is 22.4 Å². The average molecular weight is 536 g/mol. The fourth-order valence-corrected chi connectivity index (χ4v) is 5.66. The van der Waals surface area contributed by atoms with Crippen LogP contribution in [0.3, 0.4) is 0 Å². The third-order valence-corrected chi connectivity index (χ3v) is 8.17. The van der Waals surface area contributed by atoms with Crippen molar-refractivity contribution >= 4 is 34.2 Å². The van der Waals surface area contributed by atoms with E-state index in [4.69, 9.17) is 9.72 Å². The molecule has 4 aromatic rings. The minimum absolute atomic E-state index is 0.0120. The number of anilines is 2. The lowest BCUT2D eigenvalue weighted by atomic mass is 10.1. The number of aromatic amines is 1.